The van der Waals surface area contributed by atoms with E-state index >= 15 is 0 Å². The number of benzene rings is 2. The maximum Gasteiger partial charge on any atom is 2.00 e. The van der Waals surface area contributed by atoms with Crippen LogP contribution in [0.5, 0.6) is 5.75 Å². The molecule has 0 amide bonds. The fourth-order valence-electron chi connectivity index (χ4n) is 1.40. The maximum absolute atomic E-state index is 5.69. The number of hydrogen-bond donors (Lipinski definition) is 0. The monoisotopic (exact) mass is 256 g/mol. The smallest absolute Gasteiger partial charge is 1.00 e. The summed E-state index contributed by atoms with van der Waals surface area (Å²) in [4.78, 5) is 0. The number of rotatable bonds is 3. The summed E-state index contributed by atoms with van der Waals surface area (Å²) in [7, 11) is 0. The Morgan fingerprint density at radius 1 is 1.06 bits per heavy atom. The van der Waals surface area contributed by atoms with Gasteiger partial charge in [0.05, 0.1) is 6.61 Å². The van der Waals surface area contributed by atoms with Crippen LogP contribution in [-0.2, 0) is 6.61 Å². The van der Waals surface area contributed by atoms with Crippen molar-refractivity contribution in [2.75, 3.05) is 0 Å². The average Bonchev–Trinajstić information content (AvgIpc) is 2.29. The molecule has 0 aliphatic rings. The first-order valence-corrected chi connectivity index (χ1v) is 5.00. The molecule has 0 saturated heterocycles. The van der Waals surface area contributed by atoms with Crippen LogP contribution in [0.15, 0.2) is 48.5 Å². The van der Waals surface area contributed by atoms with Crippen molar-refractivity contribution < 1.29 is 17.1 Å². The third-order valence-corrected chi connectivity index (χ3v) is 2.25. The van der Waals surface area contributed by atoms with Crippen LogP contribution in [0.2, 0.25) is 0 Å². The molecule has 0 heterocycles. The second-order valence-corrected chi connectivity index (χ2v) is 3.43. The van der Waals surface area contributed by atoms with Gasteiger partial charge in [0, 0.05) is 5.75 Å². The van der Waals surface area contributed by atoms with Crippen molar-refractivity contribution >= 4 is 23.1 Å². The van der Waals surface area contributed by atoms with E-state index in [0.717, 1.165) is 11.3 Å². The van der Waals surface area contributed by atoms with Gasteiger partial charge in [0.1, 0.15) is 0 Å². The van der Waals surface area contributed by atoms with Gasteiger partial charge >= 0.3 is 23.1 Å². The van der Waals surface area contributed by atoms with Crippen molar-refractivity contribution in [1.29, 1.82) is 0 Å². The number of halogens is 1. The molecule has 0 radical (unpaired) electrons. The minimum atomic E-state index is 0. The molecule has 0 aromatic heterocycles. The van der Waals surface area contributed by atoms with E-state index in [1.807, 2.05) is 43.3 Å². The normalized spacial score (nSPS) is 8.76. The number of hydrogen-bond acceptors (Lipinski definition) is 1. The quantitative estimate of drug-likeness (QED) is 0.555. The van der Waals surface area contributed by atoms with Gasteiger partial charge in [-0.05, 0) is 5.56 Å². The first-order valence-electron chi connectivity index (χ1n) is 5.00. The Labute approximate surface area is 125 Å². The van der Waals surface area contributed by atoms with Crippen LogP contribution in [0.4, 0.5) is 0 Å². The first-order chi connectivity index (χ1) is 7.36. The Hall–Kier alpha value is -0.704. The SMILES string of the molecule is Cc1[c-]cccc1OCc1ccccc1.[Cl-].[Mg+2]. The van der Waals surface area contributed by atoms with Crippen LogP contribution in [0.1, 0.15) is 11.1 Å². The molecule has 0 fully saturated rings. The van der Waals surface area contributed by atoms with Crippen LogP contribution in [0.25, 0.3) is 0 Å². The molecule has 0 aliphatic carbocycles. The minimum Gasteiger partial charge on any atom is -1.00 e. The van der Waals surface area contributed by atoms with Crippen LogP contribution < -0.4 is 17.1 Å². The predicted molar refractivity (Wildman–Crippen MR) is 66.5 cm³/mol. The standard InChI is InChI=1S/C14H13O.ClH.Mg/c1-12-7-5-6-10-14(12)15-11-13-8-3-2-4-9-13;;/h2-6,8-10H,11H2,1H3;1H;/q-1;;+2/p-1. The molecule has 0 unspecified atom stereocenters. The van der Waals surface area contributed by atoms with Gasteiger partial charge in [-0.1, -0.05) is 37.3 Å². The molecule has 0 bridgehead atoms. The van der Waals surface area contributed by atoms with E-state index in [4.69, 9.17) is 4.74 Å². The van der Waals surface area contributed by atoms with Crippen molar-refractivity contribution in [1.82, 2.24) is 0 Å². The van der Waals surface area contributed by atoms with Crippen molar-refractivity contribution in [3.05, 3.63) is 65.7 Å². The molecule has 1 nitrogen and oxygen atoms in total. The largest absolute Gasteiger partial charge is 2.00 e. The summed E-state index contributed by atoms with van der Waals surface area (Å²) in [6.07, 6.45) is 0. The summed E-state index contributed by atoms with van der Waals surface area (Å²) in [5.41, 5.74) is 2.23. The Kier molecular flexibility index (Phi) is 8.05. The summed E-state index contributed by atoms with van der Waals surface area (Å²) in [6, 6.07) is 19.1. The van der Waals surface area contributed by atoms with Crippen LogP contribution >= 0.6 is 0 Å². The van der Waals surface area contributed by atoms with Crippen LogP contribution in [-0.4, -0.2) is 23.1 Å². The van der Waals surface area contributed by atoms with E-state index in [2.05, 4.69) is 18.2 Å². The molecule has 0 saturated carbocycles. The zero-order valence-corrected chi connectivity index (χ0v) is 12.0. The van der Waals surface area contributed by atoms with Crippen molar-refractivity contribution in [3.63, 3.8) is 0 Å². The predicted octanol–water partition coefficient (Wildman–Crippen LogP) is -0.00259. The van der Waals surface area contributed by atoms with Gasteiger partial charge in [0.2, 0.25) is 0 Å². The summed E-state index contributed by atoms with van der Waals surface area (Å²) < 4.78 is 5.69. The van der Waals surface area contributed by atoms with Crippen molar-refractivity contribution in [3.8, 4) is 5.75 Å². The van der Waals surface area contributed by atoms with Crippen molar-refractivity contribution in [2.24, 2.45) is 0 Å². The fraction of sp³-hybridized carbons (Fsp3) is 0.143. The second-order valence-electron chi connectivity index (χ2n) is 3.43. The van der Waals surface area contributed by atoms with Gasteiger partial charge in [-0.3, -0.25) is 0 Å². The Morgan fingerprint density at radius 3 is 2.41 bits per heavy atom. The van der Waals surface area contributed by atoms with Gasteiger partial charge in [-0.25, -0.2) is 0 Å². The molecule has 3 heteroatoms. The Bertz CT molecular complexity index is 431. The van der Waals surface area contributed by atoms with Crippen molar-refractivity contribution in [2.45, 2.75) is 13.5 Å². The van der Waals surface area contributed by atoms with E-state index in [9.17, 15) is 0 Å². The van der Waals surface area contributed by atoms with Crippen LogP contribution in [0.3, 0.4) is 0 Å². The molecule has 2 aromatic rings. The van der Waals surface area contributed by atoms with Gasteiger partial charge in [-0.2, -0.15) is 18.2 Å². The Morgan fingerprint density at radius 2 is 1.76 bits per heavy atom. The third-order valence-electron chi connectivity index (χ3n) is 2.25. The second kappa shape index (κ2) is 8.40. The van der Waals surface area contributed by atoms with Gasteiger partial charge in [-0.15, -0.1) is 11.6 Å². The summed E-state index contributed by atoms with van der Waals surface area (Å²) >= 11 is 0. The van der Waals surface area contributed by atoms with Crippen LogP contribution in [0, 0.1) is 13.0 Å². The minimum absolute atomic E-state index is 0. The van der Waals surface area contributed by atoms with E-state index in [0.29, 0.717) is 6.61 Å². The zero-order chi connectivity index (χ0) is 10.5. The topological polar surface area (TPSA) is 9.23 Å². The molecule has 0 spiro atoms. The Balaban J connectivity index is 0.00000128. The maximum atomic E-state index is 5.69. The average molecular weight is 257 g/mol. The van der Waals surface area contributed by atoms with Gasteiger partial charge in [0.15, 0.2) is 0 Å². The number of aryl methyl sites for hydroxylation is 1. The summed E-state index contributed by atoms with van der Waals surface area (Å²) in [6.45, 7) is 2.61. The fourth-order valence-corrected chi connectivity index (χ4v) is 1.40. The molecule has 0 aliphatic heterocycles. The van der Waals surface area contributed by atoms with E-state index < -0.39 is 0 Å². The van der Waals surface area contributed by atoms with E-state index in [1.54, 1.807) is 0 Å². The van der Waals surface area contributed by atoms with Gasteiger partial charge < -0.3 is 17.1 Å². The molecule has 0 atom stereocenters. The van der Waals surface area contributed by atoms with E-state index in [1.165, 1.54) is 5.56 Å². The molecule has 0 N–H and O–H groups in total. The number of ether oxygens (including phenoxy) is 1. The molecule has 2 aromatic carbocycles. The molecular formula is C14H13ClMgO. The third kappa shape index (κ3) is 4.98. The zero-order valence-electron chi connectivity index (χ0n) is 9.82. The molecular weight excluding hydrogens is 244 g/mol. The first kappa shape index (κ1) is 16.3. The molecule has 17 heavy (non-hydrogen) atoms. The van der Waals surface area contributed by atoms with E-state index in [-0.39, 0.29) is 35.5 Å². The summed E-state index contributed by atoms with van der Waals surface area (Å²) in [5, 5.41) is 0. The summed E-state index contributed by atoms with van der Waals surface area (Å²) in [5.74, 6) is 0.904. The molecule has 84 valence electrons. The van der Waals surface area contributed by atoms with Gasteiger partial charge in [0.25, 0.3) is 0 Å². The molecule has 2 rings (SSSR count).